The number of carbonyl (C=O) groups is 2. The number of rotatable bonds is 8. The lowest BCUT2D eigenvalue weighted by molar-refractivity contribution is -0.287. The van der Waals surface area contributed by atoms with Gasteiger partial charge < -0.3 is 59.8 Å². The first-order valence-electron chi connectivity index (χ1n) is 16.8. The molecule has 1 aliphatic carbocycles. The van der Waals surface area contributed by atoms with Crippen molar-refractivity contribution in [2.24, 2.45) is 5.92 Å². The van der Waals surface area contributed by atoms with Crippen LogP contribution in [0.4, 0.5) is 0 Å². The topological polar surface area (TPSA) is 248 Å². The molecule has 0 amide bonds. The number of fused-ring (bicyclic) bond motifs is 1. The zero-order valence-electron chi connectivity index (χ0n) is 28.9. The van der Waals surface area contributed by atoms with Crippen molar-refractivity contribution in [3.8, 4) is 40.1 Å². The smallest absolute Gasteiger partial charge is 0.335 e. The van der Waals surface area contributed by atoms with Gasteiger partial charge >= 0.3 is 11.9 Å². The van der Waals surface area contributed by atoms with Gasteiger partial charge in [0.1, 0.15) is 58.4 Å². The predicted molar refractivity (Wildman–Crippen MR) is 187 cm³/mol. The van der Waals surface area contributed by atoms with Crippen LogP contribution >= 0.6 is 0 Å². The molecule has 1 aromatic heterocycles. The molecular weight excluding hydrogens is 692 g/mol. The molecule has 0 saturated carbocycles. The Labute approximate surface area is 302 Å². The highest BCUT2D eigenvalue weighted by molar-refractivity contribution is 5.88. The first-order chi connectivity index (χ1) is 25.0. The van der Waals surface area contributed by atoms with E-state index in [9.17, 15) is 55.5 Å². The van der Waals surface area contributed by atoms with E-state index in [0.717, 1.165) is 11.6 Å². The number of carboxylic acid groups (broad SMARTS) is 1. The molecule has 4 aromatic rings. The second-order valence-electron chi connectivity index (χ2n) is 13.8. The second-order valence-corrected chi connectivity index (χ2v) is 13.8. The van der Waals surface area contributed by atoms with E-state index in [0.29, 0.717) is 28.5 Å². The highest BCUT2D eigenvalue weighted by Crippen LogP contribution is 2.52. The quantitative estimate of drug-likeness (QED) is 0.0900. The number of hydrogen-bond donors (Lipinski definition) is 9. The summed E-state index contributed by atoms with van der Waals surface area (Å²) in [4.78, 5) is 25.9. The molecule has 53 heavy (non-hydrogen) atoms. The Morgan fingerprint density at radius 1 is 0.868 bits per heavy atom. The van der Waals surface area contributed by atoms with E-state index >= 15 is 0 Å². The molecule has 2 heterocycles. The van der Waals surface area contributed by atoms with E-state index in [-0.39, 0.29) is 46.1 Å². The fourth-order valence-electron chi connectivity index (χ4n) is 7.17. The third-order valence-electron chi connectivity index (χ3n) is 9.79. The molecule has 3 aromatic carbocycles. The van der Waals surface area contributed by atoms with Crippen LogP contribution in [0.3, 0.4) is 0 Å². The Hall–Kier alpha value is -5.54. The van der Waals surface area contributed by atoms with E-state index < -0.39 is 71.9 Å². The Morgan fingerprint density at radius 3 is 2.21 bits per heavy atom. The molecule has 280 valence electrons. The standard InChI is InChI=1S/C39H40O14/c1-16(2)4-7-22-25(41)9-5-18-14-29(51-35(18)22)19-12-27(43)31(28(44)13-19)24-11-17(3)10-23(21-8-6-20(40)15-26(21)42)30(24)38(50)53-39-34(47)32(45)33(46)36(52-39)37(48)49/h4-6,8-9,11-15,23-24,30,32-34,36,39-47H,7,10H2,1-3H3,(H,48,49). The minimum Gasteiger partial charge on any atom is -0.508 e. The minimum absolute atomic E-state index is 0.0406. The second kappa shape index (κ2) is 14.5. The van der Waals surface area contributed by atoms with E-state index in [1.54, 1.807) is 31.2 Å². The molecule has 14 heteroatoms. The number of aliphatic hydroxyl groups is 3. The average Bonchev–Trinajstić information content (AvgIpc) is 3.52. The summed E-state index contributed by atoms with van der Waals surface area (Å²) >= 11 is 0. The van der Waals surface area contributed by atoms with Gasteiger partial charge in [-0.1, -0.05) is 29.4 Å². The van der Waals surface area contributed by atoms with Gasteiger partial charge in [0, 0.05) is 40.0 Å². The molecule has 6 rings (SSSR count). The van der Waals surface area contributed by atoms with Gasteiger partial charge in [-0.25, -0.2) is 4.79 Å². The molecule has 9 N–H and O–H groups in total. The number of ether oxygens (including phenoxy) is 2. The van der Waals surface area contributed by atoms with Crippen molar-refractivity contribution < 1.29 is 69.4 Å². The summed E-state index contributed by atoms with van der Waals surface area (Å²) in [6, 6.07) is 11.3. The number of aliphatic hydroxyl groups excluding tert-OH is 3. The Bertz CT molecular complexity index is 2100. The molecule has 14 nitrogen and oxygen atoms in total. The van der Waals surface area contributed by atoms with Gasteiger partial charge in [0.05, 0.1) is 5.92 Å². The van der Waals surface area contributed by atoms with Crippen LogP contribution in [0.2, 0.25) is 0 Å². The van der Waals surface area contributed by atoms with Gasteiger partial charge in [0.2, 0.25) is 6.29 Å². The van der Waals surface area contributed by atoms with E-state index in [2.05, 4.69) is 0 Å². The van der Waals surface area contributed by atoms with Gasteiger partial charge in [-0.2, -0.15) is 0 Å². The fraction of sp³-hybridized carbons (Fsp3) is 0.333. The highest BCUT2D eigenvalue weighted by atomic mass is 16.7. The number of furan rings is 1. The maximum absolute atomic E-state index is 14.2. The van der Waals surface area contributed by atoms with Crippen LogP contribution in [-0.4, -0.2) is 88.6 Å². The van der Waals surface area contributed by atoms with Crippen LogP contribution in [0.15, 0.2) is 76.2 Å². The number of carboxylic acids is 1. The van der Waals surface area contributed by atoms with Gasteiger partial charge in [-0.3, -0.25) is 4.79 Å². The van der Waals surface area contributed by atoms with Crippen molar-refractivity contribution in [2.45, 2.75) is 76.2 Å². The van der Waals surface area contributed by atoms with Gasteiger partial charge in [-0.05, 0) is 75.6 Å². The number of phenols is 5. The van der Waals surface area contributed by atoms with Gasteiger partial charge in [0.15, 0.2) is 6.10 Å². The van der Waals surface area contributed by atoms with Crippen LogP contribution in [0.25, 0.3) is 22.3 Å². The van der Waals surface area contributed by atoms with Crippen molar-refractivity contribution in [1.29, 1.82) is 0 Å². The molecule has 0 spiro atoms. The summed E-state index contributed by atoms with van der Waals surface area (Å²) in [5, 5.41) is 95.8. The van der Waals surface area contributed by atoms with Crippen LogP contribution in [0, 0.1) is 5.92 Å². The molecule has 0 radical (unpaired) electrons. The zero-order chi connectivity index (χ0) is 38.5. The summed E-state index contributed by atoms with van der Waals surface area (Å²) in [5.74, 6) is -7.55. The highest BCUT2D eigenvalue weighted by Gasteiger charge is 2.51. The number of aliphatic carboxylic acids is 1. The van der Waals surface area contributed by atoms with Crippen molar-refractivity contribution in [1.82, 2.24) is 0 Å². The van der Waals surface area contributed by atoms with Crippen LogP contribution in [0.1, 0.15) is 55.7 Å². The molecule has 8 unspecified atom stereocenters. The van der Waals surface area contributed by atoms with E-state index in [1.807, 2.05) is 19.9 Å². The number of phenolic OH excluding ortho intramolecular Hbond substituents is 5. The first-order valence-corrected chi connectivity index (χ1v) is 16.8. The Morgan fingerprint density at radius 2 is 1.57 bits per heavy atom. The maximum atomic E-state index is 14.2. The normalized spacial score (nSPS) is 25.8. The molecule has 0 bridgehead atoms. The van der Waals surface area contributed by atoms with Crippen molar-refractivity contribution in [3.63, 3.8) is 0 Å². The minimum atomic E-state index is -2.06. The molecular formula is C39H40O14. The van der Waals surface area contributed by atoms with Gasteiger partial charge in [0.25, 0.3) is 0 Å². The SMILES string of the molecule is CC(C)=CCc1c(O)ccc2cc(-c3cc(O)c(C4C=C(C)CC(c5ccc(O)cc5O)C4C(=O)OC4OC(C(=O)O)C(O)C(O)C4O)c(O)c3)oc12. The number of aromatic hydroxyl groups is 5. The largest absolute Gasteiger partial charge is 0.508 e. The zero-order valence-corrected chi connectivity index (χ0v) is 28.9. The predicted octanol–water partition coefficient (Wildman–Crippen LogP) is 4.41. The maximum Gasteiger partial charge on any atom is 0.335 e. The van der Waals surface area contributed by atoms with Crippen LogP contribution < -0.4 is 0 Å². The van der Waals surface area contributed by atoms with E-state index in [1.165, 1.54) is 24.3 Å². The van der Waals surface area contributed by atoms with Crippen molar-refractivity contribution in [3.05, 3.63) is 88.5 Å². The lowest BCUT2D eigenvalue weighted by atomic mass is 9.67. The lowest BCUT2D eigenvalue weighted by Crippen LogP contribution is -2.61. The summed E-state index contributed by atoms with van der Waals surface area (Å²) in [7, 11) is 0. The average molecular weight is 733 g/mol. The third-order valence-corrected chi connectivity index (χ3v) is 9.79. The molecule has 1 aliphatic heterocycles. The summed E-state index contributed by atoms with van der Waals surface area (Å²) in [6.07, 6.45) is -6.18. The number of benzene rings is 3. The monoisotopic (exact) mass is 732 g/mol. The Balaban J connectivity index is 1.42. The third kappa shape index (κ3) is 7.13. The number of esters is 1. The number of hydrogen-bond acceptors (Lipinski definition) is 13. The Kier molecular flexibility index (Phi) is 10.2. The first kappa shape index (κ1) is 37.2. The number of carbonyl (C=O) groups excluding carboxylic acids is 1. The van der Waals surface area contributed by atoms with Crippen molar-refractivity contribution >= 4 is 22.9 Å². The summed E-state index contributed by atoms with van der Waals surface area (Å²) in [6.45, 7) is 5.60. The molecule has 1 fully saturated rings. The molecule has 2 aliphatic rings. The van der Waals surface area contributed by atoms with Crippen molar-refractivity contribution in [2.75, 3.05) is 0 Å². The molecule has 1 saturated heterocycles. The fourth-order valence-corrected chi connectivity index (χ4v) is 7.17. The van der Waals surface area contributed by atoms with Crippen LogP contribution in [0.5, 0.6) is 28.7 Å². The van der Waals surface area contributed by atoms with Crippen LogP contribution in [-0.2, 0) is 25.5 Å². The van der Waals surface area contributed by atoms with E-state index in [4.69, 9.17) is 13.9 Å². The molecule has 8 atom stereocenters. The number of allylic oxidation sites excluding steroid dienone is 4. The summed E-state index contributed by atoms with van der Waals surface area (Å²) < 4.78 is 16.8. The summed E-state index contributed by atoms with van der Waals surface area (Å²) in [5.41, 5.74) is 3.04. The van der Waals surface area contributed by atoms with Gasteiger partial charge in [-0.15, -0.1) is 0 Å². The lowest BCUT2D eigenvalue weighted by Gasteiger charge is -2.40.